The summed E-state index contributed by atoms with van der Waals surface area (Å²) in [5, 5.41) is 3.01. The number of para-hydroxylation sites is 2. The van der Waals surface area contributed by atoms with Crippen LogP contribution in [-0.2, 0) is 13.0 Å². The molecule has 1 N–H and O–H groups in total. The normalized spacial score (nSPS) is 11.2. The number of hydrogen-bond donors (Lipinski definition) is 1. The SMILES string of the molecule is COc1ccc(C(=O)NCCCCCc2nc3ccccc3n2CCCOc2ccc(C(C)C)cc2)cc1. The molecule has 0 aliphatic rings. The molecule has 4 rings (SSSR count). The number of hydrogen-bond acceptors (Lipinski definition) is 4. The number of ether oxygens (including phenoxy) is 2. The van der Waals surface area contributed by atoms with Gasteiger partial charge < -0.3 is 19.4 Å². The number of carbonyl (C=O) groups is 1. The van der Waals surface area contributed by atoms with Crippen molar-refractivity contribution in [3.8, 4) is 11.5 Å². The Hall–Kier alpha value is -3.80. The summed E-state index contributed by atoms with van der Waals surface area (Å²) < 4.78 is 13.5. The van der Waals surface area contributed by atoms with Crippen molar-refractivity contribution in [3.05, 3.63) is 89.7 Å². The Kier molecular flexibility index (Phi) is 9.79. The van der Waals surface area contributed by atoms with Crippen LogP contribution in [-0.4, -0.2) is 35.7 Å². The third kappa shape index (κ3) is 7.37. The summed E-state index contributed by atoms with van der Waals surface area (Å²) in [6.45, 7) is 6.60. The Bertz CT molecular complexity index is 1290. The van der Waals surface area contributed by atoms with Crippen LogP contribution in [0, 0.1) is 0 Å². The molecule has 0 bridgehead atoms. The highest BCUT2D eigenvalue weighted by atomic mass is 16.5. The molecule has 1 heterocycles. The number of fused-ring (bicyclic) bond motifs is 1. The van der Waals surface area contributed by atoms with Crippen molar-refractivity contribution >= 4 is 16.9 Å². The lowest BCUT2D eigenvalue weighted by molar-refractivity contribution is 0.0953. The van der Waals surface area contributed by atoms with Gasteiger partial charge in [-0.15, -0.1) is 0 Å². The molecule has 3 aromatic carbocycles. The van der Waals surface area contributed by atoms with Crippen LogP contribution in [0.25, 0.3) is 11.0 Å². The predicted molar refractivity (Wildman–Crippen MR) is 153 cm³/mol. The maximum atomic E-state index is 12.3. The number of rotatable bonds is 14. The molecule has 0 saturated heterocycles. The molecule has 0 atom stereocenters. The van der Waals surface area contributed by atoms with Crippen LogP contribution in [0.4, 0.5) is 0 Å². The summed E-state index contributed by atoms with van der Waals surface area (Å²) in [7, 11) is 1.62. The zero-order chi connectivity index (χ0) is 26.7. The Balaban J connectivity index is 1.22. The second-order valence-corrected chi connectivity index (χ2v) is 9.89. The van der Waals surface area contributed by atoms with E-state index >= 15 is 0 Å². The Morgan fingerprint density at radius 2 is 1.63 bits per heavy atom. The van der Waals surface area contributed by atoms with Gasteiger partial charge in [0.25, 0.3) is 5.91 Å². The minimum Gasteiger partial charge on any atom is -0.497 e. The van der Waals surface area contributed by atoms with E-state index < -0.39 is 0 Å². The van der Waals surface area contributed by atoms with Crippen molar-refractivity contribution in [2.24, 2.45) is 0 Å². The number of benzene rings is 3. The average Bonchev–Trinajstić information content (AvgIpc) is 3.30. The molecule has 1 aromatic heterocycles. The van der Waals surface area contributed by atoms with Gasteiger partial charge in [-0.2, -0.15) is 0 Å². The number of methoxy groups -OCH3 is 1. The minimum atomic E-state index is -0.0486. The van der Waals surface area contributed by atoms with E-state index in [1.54, 1.807) is 31.4 Å². The largest absolute Gasteiger partial charge is 0.497 e. The molecule has 6 heteroatoms. The lowest BCUT2D eigenvalue weighted by atomic mass is 10.0. The Labute approximate surface area is 226 Å². The smallest absolute Gasteiger partial charge is 0.251 e. The zero-order valence-electron chi connectivity index (χ0n) is 22.8. The molecule has 0 radical (unpaired) electrons. The molecule has 0 aliphatic heterocycles. The van der Waals surface area contributed by atoms with Crippen molar-refractivity contribution in [1.29, 1.82) is 0 Å². The van der Waals surface area contributed by atoms with E-state index in [1.165, 1.54) is 11.1 Å². The third-order valence-electron chi connectivity index (χ3n) is 6.79. The van der Waals surface area contributed by atoms with Gasteiger partial charge in [-0.25, -0.2) is 4.98 Å². The fraction of sp³-hybridized carbons (Fsp3) is 0.375. The van der Waals surface area contributed by atoms with Crippen LogP contribution in [0.3, 0.4) is 0 Å². The van der Waals surface area contributed by atoms with Crippen LogP contribution in [0.15, 0.2) is 72.8 Å². The molecule has 0 saturated carbocycles. The number of nitrogens with one attached hydrogen (secondary N) is 1. The van der Waals surface area contributed by atoms with Gasteiger partial charge in [-0.05, 0) is 79.3 Å². The van der Waals surface area contributed by atoms with E-state index in [4.69, 9.17) is 14.5 Å². The van der Waals surface area contributed by atoms with E-state index in [9.17, 15) is 4.79 Å². The number of aromatic nitrogens is 2. The molecular weight excluding hydrogens is 474 g/mol. The summed E-state index contributed by atoms with van der Waals surface area (Å²) >= 11 is 0. The number of aryl methyl sites for hydroxylation is 2. The molecule has 200 valence electrons. The summed E-state index contributed by atoms with van der Waals surface area (Å²) in [6, 6.07) is 23.9. The summed E-state index contributed by atoms with van der Waals surface area (Å²) in [6.07, 6.45) is 4.82. The number of nitrogens with zero attached hydrogens (tertiary/aromatic N) is 2. The van der Waals surface area contributed by atoms with Crippen molar-refractivity contribution in [2.75, 3.05) is 20.3 Å². The van der Waals surface area contributed by atoms with Gasteiger partial charge in [0.15, 0.2) is 0 Å². The first-order valence-electron chi connectivity index (χ1n) is 13.6. The molecule has 6 nitrogen and oxygen atoms in total. The van der Waals surface area contributed by atoms with Crippen molar-refractivity contribution < 1.29 is 14.3 Å². The van der Waals surface area contributed by atoms with Crippen molar-refractivity contribution in [3.63, 3.8) is 0 Å². The average molecular weight is 514 g/mol. The third-order valence-corrected chi connectivity index (χ3v) is 6.79. The Morgan fingerprint density at radius 1 is 0.895 bits per heavy atom. The number of imidazole rings is 1. The summed E-state index contributed by atoms with van der Waals surface area (Å²) in [5.41, 5.74) is 4.19. The van der Waals surface area contributed by atoms with Gasteiger partial charge in [0.2, 0.25) is 0 Å². The quantitative estimate of drug-likeness (QED) is 0.189. The highest BCUT2D eigenvalue weighted by Gasteiger charge is 2.11. The topological polar surface area (TPSA) is 65.4 Å². The molecule has 4 aromatic rings. The first kappa shape index (κ1) is 27.2. The van der Waals surface area contributed by atoms with Crippen LogP contribution in [0.1, 0.15) is 67.2 Å². The number of unbranched alkanes of at least 4 members (excludes halogenated alkanes) is 2. The van der Waals surface area contributed by atoms with Crippen molar-refractivity contribution in [1.82, 2.24) is 14.9 Å². The minimum absolute atomic E-state index is 0.0486. The lowest BCUT2D eigenvalue weighted by Gasteiger charge is -2.11. The monoisotopic (exact) mass is 513 g/mol. The molecule has 0 fully saturated rings. The van der Waals surface area contributed by atoms with E-state index in [0.29, 0.717) is 24.6 Å². The fourth-order valence-electron chi connectivity index (χ4n) is 4.56. The maximum Gasteiger partial charge on any atom is 0.251 e. The zero-order valence-corrected chi connectivity index (χ0v) is 22.8. The molecule has 1 amide bonds. The highest BCUT2D eigenvalue weighted by Crippen LogP contribution is 2.20. The lowest BCUT2D eigenvalue weighted by Crippen LogP contribution is -2.24. The van der Waals surface area contributed by atoms with Gasteiger partial charge in [0.05, 0.1) is 24.8 Å². The Morgan fingerprint density at radius 3 is 2.37 bits per heavy atom. The summed E-state index contributed by atoms with van der Waals surface area (Å²) in [4.78, 5) is 17.2. The first-order valence-corrected chi connectivity index (χ1v) is 13.6. The predicted octanol–water partition coefficient (Wildman–Crippen LogP) is 6.78. The van der Waals surface area contributed by atoms with Crippen LogP contribution in [0.5, 0.6) is 11.5 Å². The van der Waals surface area contributed by atoms with E-state index in [0.717, 1.165) is 61.5 Å². The number of carbonyl (C=O) groups excluding carboxylic acids is 1. The molecule has 38 heavy (non-hydrogen) atoms. The standard InChI is InChI=1S/C32H39N3O3/c1-24(2)25-13-19-28(20-14-25)38-23-9-22-35-30-11-7-6-10-29(30)34-31(35)12-5-4-8-21-33-32(36)26-15-17-27(37-3)18-16-26/h6-7,10-11,13-20,24H,4-5,8-9,12,21-23H2,1-3H3,(H,33,36). The van der Waals surface area contributed by atoms with Gasteiger partial charge in [-0.1, -0.05) is 44.5 Å². The second-order valence-electron chi connectivity index (χ2n) is 9.89. The van der Waals surface area contributed by atoms with E-state index in [-0.39, 0.29) is 5.91 Å². The van der Waals surface area contributed by atoms with E-state index in [2.05, 4.69) is 66.2 Å². The number of amides is 1. The van der Waals surface area contributed by atoms with Gasteiger partial charge in [-0.3, -0.25) is 4.79 Å². The van der Waals surface area contributed by atoms with Crippen molar-refractivity contribution in [2.45, 2.75) is 58.4 Å². The van der Waals surface area contributed by atoms with Gasteiger partial charge >= 0.3 is 0 Å². The molecule has 0 aliphatic carbocycles. The molecular formula is C32H39N3O3. The van der Waals surface area contributed by atoms with Gasteiger partial charge in [0, 0.05) is 25.1 Å². The molecule has 0 spiro atoms. The fourth-order valence-corrected chi connectivity index (χ4v) is 4.56. The van der Waals surface area contributed by atoms with Crippen LogP contribution in [0.2, 0.25) is 0 Å². The van der Waals surface area contributed by atoms with E-state index in [1.807, 2.05) is 6.07 Å². The highest BCUT2D eigenvalue weighted by molar-refractivity contribution is 5.94. The van der Waals surface area contributed by atoms with Crippen LogP contribution >= 0.6 is 0 Å². The summed E-state index contributed by atoms with van der Waals surface area (Å²) in [5.74, 6) is 3.26. The van der Waals surface area contributed by atoms with Gasteiger partial charge in [0.1, 0.15) is 17.3 Å². The van der Waals surface area contributed by atoms with Crippen LogP contribution < -0.4 is 14.8 Å². The first-order chi connectivity index (χ1) is 18.5. The second kappa shape index (κ2) is 13.7. The maximum absolute atomic E-state index is 12.3. The molecule has 0 unspecified atom stereocenters.